The number of hydrogen-bond donors (Lipinski definition) is 1. The van der Waals surface area contributed by atoms with Crippen molar-refractivity contribution in [3.63, 3.8) is 0 Å². The molecule has 2 unspecified atom stereocenters. The summed E-state index contributed by atoms with van der Waals surface area (Å²) >= 11 is 0. The molecular formula is C21H28N2O3. The van der Waals surface area contributed by atoms with Crippen molar-refractivity contribution in [1.82, 2.24) is 10.2 Å². The first kappa shape index (κ1) is 19.8. The van der Waals surface area contributed by atoms with Crippen molar-refractivity contribution in [1.29, 1.82) is 0 Å². The minimum atomic E-state index is -0.565. The van der Waals surface area contributed by atoms with Crippen LogP contribution in [0, 0.1) is 6.92 Å². The maximum absolute atomic E-state index is 12.4. The van der Waals surface area contributed by atoms with Crippen molar-refractivity contribution in [3.05, 3.63) is 59.7 Å². The van der Waals surface area contributed by atoms with Crippen molar-refractivity contribution in [3.8, 4) is 11.5 Å². The van der Waals surface area contributed by atoms with Crippen LogP contribution < -0.4 is 14.8 Å². The number of carbonyl (C=O) groups excluding carboxylic acids is 1. The van der Waals surface area contributed by atoms with Crippen molar-refractivity contribution < 1.29 is 14.3 Å². The third-order valence-electron chi connectivity index (χ3n) is 4.24. The van der Waals surface area contributed by atoms with Crippen LogP contribution in [-0.4, -0.2) is 44.7 Å². The summed E-state index contributed by atoms with van der Waals surface area (Å²) in [5, 5.41) is 2.99. The Morgan fingerprint density at radius 1 is 1.12 bits per heavy atom. The van der Waals surface area contributed by atoms with Gasteiger partial charge in [0.2, 0.25) is 0 Å². The Balaban J connectivity index is 1.98. The maximum atomic E-state index is 12.4. The molecule has 0 aliphatic carbocycles. The first-order chi connectivity index (χ1) is 12.4. The number of hydrogen-bond acceptors (Lipinski definition) is 4. The fourth-order valence-electron chi connectivity index (χ4n) is 2.73. The van der Waals surface area contributed by atoms with Gasteiger partial charge >= 0.3 is 0 Å². The zero-order valence-electron chi connectivity index (χ0n) is 16.2. The Bertz CT molecular complexity index is 731. The molecule has 1 N–H and O–H groups in total. The Labute approximate surface area is 155 Å². The number of aryl methyl sites for hydroxylation is 1. The van der Waals surface area contributed by atoms with Crippen LogP contribution in [0.25, 0.3) is 0 Å². The SMILES string of the molecule is COc1cccc(C(CNC(=O)C(C)Oc2cccc(C)c2)N(C)C)c1. The van der Waals surface area contributed by atoms with Gasteiger partial charge in [-0.15, -0.1) is 0 Å². The number of nitrogens with zero attached hydrogens (tertiary/aromatic N) is 1. The van der Waals surface area contributed by atoms with Crippen molar-refractivity contribution in [2.24, 2.45) is 0 Å². The third-order valence-corrected chi connectivity index (χ3v) is 4.24. The van der Waals surface area contributed by atoms with E-state index in [2.05, 4.69) is 10.2 Å². The first-order valence-electron chi connectivity index (χ1n) is 8.72. The Morgan fingerprint density at radius 3 is 2.46 bits per heavy atom. The number of rotatable bonds is 8. The molecule has 0 aromatic heterocycles. The number of likely N-dealkylation sites (N-methyl/N-ethyl adjacent to an activating group) is 1. The van der Waals surface area contributed by atoms with E-state index in [9.17, 15) is 4.79 Å². The van der Waals surface area contributed by atoms with E-state index in [1.807, 2.05) is 69.6 Å². The average molecular weight is 356 g/mol. The molecule has 1 amide bonds. The Morgan fingerprint density at radius 2 is 1.81 bits per heavy atom. The Kier molecular flexibility index (Phi) is 7.04. The van der Waals surface area contributed by atoms with Gasteiger partial charge in [0.15, 0.2) is 6.10 Å². The first-order valence-corrected chi connectivity index (χ1v) is 8.72. The normalized spacial score (nSPS) is 13.2. The second-order valence-electron chi connectivity index (χ2n) is 6.58. The molecule has 0 radical (unpaired) electrons. The minimum absolute atomic E-state index is 0.0419. The van der Waals surface area contributed by atoms with Gasteiger partial charge in [-0.05, 0) is 63.3 Å². The number of methoxy groups -OCH3 is 1. The van der Waals surface area contributed by atoms with E-state index in [4.69, 9.17) is 9.47 Å². The summed E-state index contributed by atoms with van der Waals surface area (Å²) in [4.78, 5) is 14.5. The van der Waals surface area contributed by atoms with Crippen molar-refractivity contribution >= 4 is 5.91 Å². The van der Waals surface area contributed by atoms with Crippen molar-refractivity contribution in [2.75, 3.05) is 27.7 Å². The van der Waals surface area contributed by atoms with Gasteiger partial charge in [-0.3, -0.25) is 4.79 Å². The summed E-state index contributed by atoms with van der Waals surface area (Å²) in [5.41, 5.74) is 2.18. The molecule has 0 spiro atoms. The molecule has 0 saturated carbocycles. The summed E-state index contributed by atoms with van der Waals surface area (Å²) in [6.45, 7) is 4.24. The summed E-state index contributed by atoms with van der Waals surface area (Å²) in [5.74, 6) is 1.36. The van der Waals surface area contributed by atoms with Gasteiger partial charge < -0.3 is 19.7 Å². The van der Waals surface area contributed by atoms with Crippen LogP contribution in [-0.2, 0) is 4.79 Å². The highest BCUT2D eigenvalue weighted by Gasteiger charge is 2.19. The molecule has 2 rings (SSSR count). The second kappa shape index (κ2) is 9.25. The van der Waals surface area contributed by atoms with Gasteiger partial charge in [0.25, 0.3) is 5.91 Å². The van der Waals surface area contributed by atoms with E-state index in [1.54, 1.807) is 14.0 Å². The van der Waals surface area contributed by atoms with Crippen LogP contribution in [0.15, 0.2) is 48.5 Å². The number of ether oxygens (including phenoxy) is 2. The molecule has 0 saturated heterocycles. The van der Waals surface area contributed by atoms with E-state index in [0.717, 1.165) is 16.9 Å². The zero-order valence-corrected chi connectivity index (χ0v) is 16.2. The summed E-state index contributed by atoms with van der Waals surface area (Å²) in [6.07, 6.45) is -0.565. The molecule has 5 heteroatoms. The lowest BCUT2D eigenvalue weighted by molar-refractivity contribution is -0.127. The number of carbonyl (C=O) groups is 1. The highest BCUT2D eigenvalue weighted by atomic mass is 16.5. The van der Waals surface area contributed by atoms with E-state index >= 15 is 0 Å². The van der Waals surface area contributed by atoms with Crippen LogP contribution in [0.3, 0.4) is 0 Å². The highest BCUT2D eigenvalue weighted by molar-refractivity contribution is 5.80. The molecule has 0 aliphatic rings. The lowest BCUT2D eigenvalue weighted by atomic mass is 10.1. The fourth-order valence-corrected chi connectivity index (χ4v) is 2.73. The zero-order chi connectivity index (χ0) is 19.1. The van der Waals surface area contributed by atoms with Gasteiger partial charge in [0, 0.05) is 6.54 Å². The molecule has 0 aliphatic heterocycles. The topological polar surface area (TPSA) is 50.8 Å². The highest BCUT2D eigenvalue weighted by Crippen LogP contribution is 2.22. The van der Waals surface area contributed by atoms with Gasteiger partial charge in [0.05, 0.1) is 13.2 Å². The third kappa shape index (κ3) is 5.49. The number of amides is 1. The van der Waals surface area contributed by atoms with Crippen LogP contribution in [0.2, 0.25) is 0 Å². The molecular weight excluding hydrogens is 328 g/mol. The van der Waals surface area contributed by atoms with Crippen LogP contribution in [0.5, 0.6) is 11.5 Å². The lowest BCUT2D eigenvalue weighted by Crippen LogP contribution is -2.41. The van der Waals surface area contributed by atoms with Crippen LogP contribution in [0.1, 0.15) is 24.1 Å². The summed E-state index contributed by atoms with van der Waals surface area (Å²) in [6, 6.07) is 15.6. The summed E-state index contributed by atoms with van der Waals surface area (Å²) in [7, 11) is 5.63. The monoisotopic (exact) mass is 356 g/mol. The predicted molar refractivity (Wildman–Crippen MR) is 104 cm³/mol. The molecule has 26 heavy (non-hydrogen) atoms. The second-order valence-corrected chi connectivity index (χ2v) is 6.58. The van der Waals surface area contributed by atoms with Gasteiger partial charge in [0.1, 0.15) is 11.5 Å². The van der Waals surface area contributed by atoms with Gasteiger partial charge in [-0.25, -0.2) is 0 Å². The Hall–Kier alpha value is -2.53. The van der Waals surface area contributed by atoms with Crippen LogP contribution >= 0.6 is 0 Å². The molecule has 5 nitrogen and oxygen atoms in total. The van der Waals surface area contributed by atoms with Gasteiger partial charge in [-0.1, -0.05) is 24.3 Å². The number of benzene rings is 2. The van der Waals surface area contributed by atoms with E-state index < -0.39 is 6.10 Å². The van der Waals surface area contributed by atoms with Gasteiger partial charge in [-0.2, -0.15) is 0 Å². The predicted octanol–water partition coefficient (Wildman–Crippen LogP) is 3.19. The number of nitrogens with one attached hydrogen (secondary N) is 1. The van der Waals surface area contributed by atoms with Crippen LogP contribution in [0.4, 0.5) is 0 Å². The largest absolute Gasteiger partial charge is 0.497 e. The van der Waals surface area contributed by atoms with E-state index in [-0.39, 0.29) is 11.9 Å². The molecule has 0 bridgehead atoms. The minimum Gasteiger partial charge on any atom is -0.497 e. The van der Waals surface area contributed by atoms with E-state index in [0.29, 0.717) is 12.3 Å². The fraction of sp³-hybridized carbons (Fsp3) is 0.381. The molecule has 2 atom stereocenters. The average Bonchev–Trinajstić information content (AvgIpc) is 2.61. The quantitative estimate of drug-likeness (QED) is 0.789. The van der Waals surface area contributed by atoms with Crippen molar-refractivity contribution in [2.45, 2.75) is 26.0 Å². The lowest BCUT2D eigenvalue weighted by Gasteiger charge is -2.26. The smallest absolute Gasteiger partial charge is 0.260 e. The molecule has 2 aromatic rings. The summed E-state index contributed by atoms with van der Waals surface area (Å²) < 4.78 is 11.0. The molecule has 2 aromatic carbocycles. The molecule has 140 valence electrons. The van der Waals surface area contributed by atoms with E-state index in [1.165, 1.54) is 0 Å². The standard InChI is InChI=1S/C21H28N2O3/c1-15-8-6-11-19(12-15)26-16(2)21(24)22-14-20(23(3)4)17-9-7-10-18(13-17)25-5/h6-13,16,20H,14H2,1-5H3,(H,22,24). The molecule has 0 heterocycles. The maximum Gasteiger partial charge on any atom is 0.260 e. The molecule has 0 fully saturated rings.